The second-order valence-corrected chi connectivity index (χ2v) is 3.19. The Kier molecular flexibility index (Phi) is 2.07. The molecule has 13 heavy (non-hydrogen) atoms. The van der Waals surface area contributed by atoms with Gasteiger partial charge in [0, 0.05) is 18.1 Å². The van der Waals surface area contributed by atoms with E-state index in [1.165, 1.54) is 5.56 Å². The number of hydrogen-bond acceptors (Lipinski definition) is 2. The van der Waals surface area contributed by atoms with Crippen molar-refractivity contribution in [2.24, 2.45) is 0 Å². The molecule has 0 aliphatic heterocycles. The van der Waals surface area contributed by atoms with E-state index in [0.29, 0.717) is 6.61 Å². The molecule has 0 radical (unpaired) electrons. The van der Waals surface area contributed by atoms with E-state index >= 15 is 0 Å². The molecular weight excluding hydrogens is 164 g/mol. The van der Waals surface area contributed by atoms with Gasteiger partial charge in [0.25, 0.3) is 0 Å². The fourth-order valence-corrected chi connectivity index (χ4v) is 1.46. The Morgan fingerprint density at radius 3 is 3.00 bits per heavy atom. The fourth-order valence-electron chi connectivity index (χ4n) is 1.46. The van der Waals surface area contributed by atoms with E-state index < -0.39 is 0 Å². The summed E-state index contributed by atoms with van der Waals surface area (Å²) < 4.78 is 10.5. The largest absolute Gasteiger partial charge is 0.464 e. The van der Waals surface area contributed by atoms with Crippen molar-refractivity contribution >= 4 is 11.0 Å². The Labute approximate surface area is 77.1 Å². The Bertz CT molecular complexity index is 415. The quantitative estimate of drug-likeness (QED) is 0.702. The van der Waals surface area contributed by atoms with Crippen molar-refractivity contribution in [3.05, 3.63) is 35.6 Å². The van der Waals surface area contributed by atoms with Gasteiger partial charge in [-0.3, -0.25) is 0 Å². The molecule has 0 unspecified atom stereocenters. The lowest BCUT2D eigenvalue weighted by Gasteiger charge is -1.95. The first kappa shape index (κ1) is 8.32. The Hall–Kier alpha value is -1.28. The molecule has 0 fully saturated rings. The standard InChI is InChI=1S/C11H12O2/c1-8-3-4-10-9(6-12-2)7-13-11(10)5-8/h3-5,7H,6H2,1-2H3. The van der Waals surface area contributed by atoms with Crippen LogP contribution >= 0.6 is 0 Å². The van der Waals surface area contributed by atoms with Crippen LogP contribution in [0.1, 0.15) is 11.1 Å². The topological polar surface area (TPSA) is 22.4 Å². The van der Waals surface area contributed by atoms with E-state index in [2.05, 4.69) is 19.1 Å². The Balaban J connectivity index is 2.55. The molecular formula is C11H12O2. The van der Waals surface area contributed by atoms with Crippen molar-refractivity contribution in [3.8, 4) is 0 Å². The molecule has 0 aliphatic carbocycles. The van der Waals surface area contributed by atoms with Crippen LogP contribution < -0.4 is 0 Å². The molecule has 1 aromatic heterocycles. The summed E-state index contributed by atoms with van der Waals surface area (Å²) in [6.07, 6.45) is 1.76. The molecule has 1 heterocycles. The van der Waals surface area contributed by atoms with Gasteiger partial charge in [-0.05, 0) is 18.6 Å². The smallest absolute Gasteiger partial charge is 0.134 e. The van der Waals surface area contributed by atoms with Gasteiger partial charge in [-0.2, -0.15) is 0 Å². The van der Waals surface area contributed by atoms with Gasteiger partial charge in [0.15, 0.2) is 0 Å². The molecule has 0 saturated heterocycles. The van der Waals surface area contributed by atoms with Crippen molar-refractivity contribution in [3.63, 3.8) is 0 Å². The van der Waals surface area contributed by atoms with Gasteiger partial charge in [-0.1, -0.05) is 12.1 Å². The van der Waals surface area contributed by atoms with Crippen LogP contribution in [0.2, 0.25) is 0 Å². The zero-order valence-electron chi connectivity index (χ0n) is 7.83. The van der Waals surface area contributed by atoms with Gasteiger partial charge in [0.2, 0.25) is 0 Å². The molecule has 2 aromatic rings. The highest BCUT2D eigenvalue weighted by Crippen LogP contribution is 2.22. The van der Waals surface area contributed by atoms with Gasteiger partial charge in [-0.25, -0.2) is 0 Å². The molecule has 0 spiro atoms. The van der Waals surface area contributed by atoms with Crippen LogP contribution in [0.3, 0.4) is 0 Å². The average molecular weight is 176 g/mol. The summed E-state index contributed by atoms with van der Waals surface area (Å²) in [5.41, 5.74) is 3.26. The lowest BCUT2D eigenvalue weighted by molar-refractivity contribution is 0.185. The van der Waals surface area contributed by atoms with E-state index in [1.807, 2.05) is 6.07 Å². The van der Waals surface area contributed by atoms with Crippen LogP contribution in [0.4, 0.5) is 0 Å². The maximum absolute atomic E-state index is 5.40. The highest BCUT2D eigenvalue weighted by molar-refractivity contribution is 5.81. The zero-order valence-corrected chi connectivity index (χ0v) is 7.83. The monoisotopic (exact) mass is 176 g/mol. The number of rotatable bonds is 2. The van der Waals surface area contributed by atoms with Gasteiger partial charge < -0.3 is 9.15 Å². The molecule has 0 N–H and O–H groups in total. The van der Waals surface area contributed by atoms with E-state index in [9.17, 15) is 0 Å². The predicted octanol–water partition coefficient (Wildman–Crippen LogP) is 2.89. The maximum atomic E-state index is 5.40. The molecule has 0 aliphatic rings. The SMILES string of the molecule is COCc1coc2cc(C)ccc12. The molecule has 2 rings (SSSR count). The minimum atomic E-state index is 0.607. The molecule has 2 nitrogen and oxygen atoms in total. The molecule has 1 aromatic carbocycles. The second kappa shape index (κ2) is 3.23. The van der Waals surface area contributed by atoms with Crippen LogP contribution in [-0.4, -0.2) is 7.11 Å². The maximum Gasteiger partial charge on any atom is 0.134 e. The van der Waals surface area contributed by atoms with Crippen LogP contribution in [0.5, 0.6) is 0 Å². The summed E-state index contributed by atoms with van der Waals surface area (Å²) in [6, 6.07) is 6.19. The van der Waals surface area contributed by atoms with Crippen LogP contribution in [0, 0.1) is 6.92 Å². The molecule has 0 atom stereocenters. The van der Waals surface area contributed by atoms with E-state index in [0.717, 1.165) is 16.5 Å². The number of aryl methyl sites for hydroxylation is 1. The third-order valence-electron chi connectivity index (χ3n) is 2.11. The second-order valence-electron chi connectivity index (χ2n) is 3.19. The summed E-state index contributed by atoms with van der Waals surface area (Å²) in [7, 11) is 1.69. The van der Waals surface area contributed by atoms with Gasteiger partial charge in [0.1, 0.15) is 5.58 Å². The summed E-state index contributed by atoms with van der Waals surface area (Å²) in [6.45, 7) is 2.66. The zero-order chi connectivity index (χ0) is 9.26. The molecule has 0 amide bonds. The number of benzene rings is 1. The first-order valence-electron chi connectivity index (χ1n) is 4.27. The normalized spacial score (nSPS) is 10.9. The number of hydrogen-bond donors (Lipinski definition) is 0. The van der Waals surface area contributed by atoms with Crippen molar-refractivity contribution < 1.29 is 9.15 Å². The first-order chi connectivity index (χ1) is 6.31. The summed E-state index contributed by atoms with van der Waals surface area (Å²) in [5, 5.41) is 1.15. The first-order valence-corrected chi connectivity index (χ1v) is 4.27. The average Bonchev–Trinajstić information content (AvgIpc) is 2.49. The minimum absolute atomic E-state index is 0.607. The van der Waals surface area contributed by atoms with Crippen LogP contribution in [0.15, 0.2) is 28.9 Å². The van der Waals surface area contributed by atoms with Crippen LogP contribution in [0.25, 0.3) is 11.0 Å². The number of ether oxygens (including phenoxy) is 1. The third-order valence-corrected chi connectivity index (χ3v) is 2.11. The number of furan rings is 1. The fraction of sp³-hybridized carbons (Fsp3) is 0.273. The van der Waals surface area contributed by atoms with Crippen molar-refractivity contribution in [1.29, 1.82) is 0 Å². The molecule has 0 bridgehead atoms. The van der Waals surface area contributed by atoms with E-state index in [-0.39, 0.29) is 0 Å². The van der Waals surface area contributed by atoms with Gasteiger partial charge in [0.05, 0.1) is 12.9 Å². The van der Waals surface area contributed by atoms with Crippen molar-refractivity contribution in [2.75, 3.05) is 7.11 Å². The lowest BCUT2D eigenvalue weighted by Crippen LogP contribution is -1.84. The summed E-state index contributed by atoms with van der Waals surface area (Å²) in [5.74, 6) is 0. The molecule has 2 heteroatoms. The minimum Gasteiger partial charge on any atom is -0.464 e. The van der Waals surface area contributed by atoms with E-state index in [4.69, 9.17) is 9.15 Å². The Morgan fingerprint density at radius 2 is 2.23 bits per heavy atom. The predicted molar refractivity (Wildman–Crippen MR) is 51.7 cm³/mol. The molecule has 0 saturated carbocycles. The highest BCUT2D eigenvalue weighted by atomic mass is 16.5. The van der Waals surface area contributed by atoms with Gasteiger partial charge in [-0.15, -0.1) is 0 Å². The van der Waals surface area contributed by atoms with Crippen LogP contribution in [-0.2, 0) is 11.3 Å². The van der Waals surface area contributed by atoms with Crippen molar-refractivity contribution in [2.45, 2.75) is 13.5 Å². The van der Waals surface area contributed by atoms with Crippen molar-refractivity contribution in [1.82, 2.24) is 0 Å². The highest BCUT2D eigenvalue weighted by Gasteiger charge is 2.04. The summed E-state index contributed by atoms with van der Waals surface area (Å²) in [4.78, 5) is 0. The third kappa shape index (κ3) is 1.45. The van der Waals surface area contributed by atoms with Gasteiger partial charge >= 0.3 is 0 Å². The number of methoxy groups -OCH3 is 1. The molecule has 68 valence electrons. The Morgan fingerprint density at radius 1 is 1.38 bits per heavy atom. The summed E-state index contributed by atoms with van der Waals surface area (Å²) >= 11 is 0. The van der Waals surface area contributed by atoms with E-state index in [1.54, 1.807) is 13.4 Å². The number of fused-ring (bicyclic) bond motifs is 1. The lowest BCUT2D eigenvalue weighted by atomic mass is 10.1.